The highest BCUT2D eigenvalue weighted by atomic mass is 16.6. The Bertz CT molecular complexity index is 1630. The van der Waals surface area contributed by atoms with Crippen molar-refractivity contribution < 1.29 is 63.7 Å². The van der Waals surface area contributed by atoms with Crippen LogP contribution in [0.3, 0.4) is 0 Å². The Balaban J connectivity index is 1.14. The minimum atomic E-state index is -2.49. The third-order valence-corrected chi connectivity index (χ3v) is 9.54. The van der Waals surface area contributed by atoms with Gasteiger partial charge in [-0.15, -0.1) is 0 Å². The predicted molar refractivity (Wildman–Crippen MR) is 153 cm³/mol. The summed E-state index contributed by atoms with van der Waals surface area (Å²) in [4.78, 5) is 51.8. The lowest BCUT2D eigenvalue weighted by molar-refractivity contribution is -0.186. The zero-order valence-corrected chi connectivity index (χ0v) is 24.9. The molecule has 1 unspecified atom stereocenters. The molecule has 8 atom stereocenters. The van der Waals surface area contributed by atoms with Crippen LogP contribution in [0.1, 0.15) is 42.6 Å². The number of benzene rings is 2. The zero-order chi connectivity index (χ0) is 33.1. The summed E-state index contributed by atoms with van der Waals surface area (Å²) in [7, 11) is 1.91. The molecule has 1 spiro atoms. The molecule has 14 heteroatoms. The second-order valence-electron chi connectivity index (χ2n) is 12.1. The SMILES string of the molecule is CC(OC(=O)[C@H](O)[C@@H](O)C(=O)OC1=CC[C@@]2(O)[C@H]3Cc4ccc(O)c5c4[C@@]2(CCN3C)[C@H]1O5)C(=O)O[C@H](C(=O)O)c1ccccc1. The molecule has 46 heavy (non-hydrogen) atoms. The van der Waals surface area contributed by atoms with Gasteiger partial charge in [0.2, 0.25) is 6.10 Å². The molecule has 1 saturated heterocycles. The molecule has 6 rings (SSSR count). The number of aliphatic hydroxyl groups excluding tert-OH is 2. The van der Waals surface area contributed by atoms with Gasteiger partial charge in [0.25, 0.3) is 0 Å². The van der Waals surface area contributed by atoms with E-state index >= 15 is 0 Å². The molecule has 2 bridgehead atoms. The van der Waals surface area contributed by atoms with Gasteiger partial charge < -0.3 is 49.4 Å². The first-order chi connectivity index (χ1) is 21.8. The number of likely N-dealkylation sites (N-methyl/N-ethyl adjacent to an activating group) is 1. The fourth-order valence-electron chi connectivity index (χ4n) is 7.26. The van der Waals surface area contributed by atoms with Crippen molar-refractivity contribution >= 4 is 23.9 Å². The Morgan fingerprint density at radius 2 is 1.70 bits per heavy atom. The molecular weight excluding hydrogens is 606 g/mol. The number of aromatic hydroxyl groups is 1. The molecule has 5 N–H and O–H groups in total. The van der Waals surface area contributed by atoms with E-state index < -0.39 is 65.4 Å². The Hall–Kier alpha value is -4.50. The maximum atomic E-state index is 13.0. The van der Waals surface area contributed by atoms with Crippen LogP contribution in [0, 0.1) is 0 Å². The molecule has 14 nitrogen and oxygen atoms in total. The number of phenolic OH excluding ortho intramolecular Hbond substituents is 1. The molecule has 0 saturated carbocycles. The largest absolute Gasteiger partial charge is 0.504 e. The summed E-state index contributed by atoms with van der Waals surface area (Å²) < 4.78 is 21.5. The van der Waals surface area contributed by atoms with Crippen LogP contribution >= 0.6 is 0 Å². The van der Waals surface area contributed by atoms with Crippen LogP contribution in [-0.4, -0.2) is 104 Å². The molecule has 4 aliphatic rings. The average molecular weight is 640 g/mol. The first kappa shape index (κ1) is 31.5. The van der Waals surface area contributed by atoms with E-state index in [1.807, 2.05) is 7.05 Å². The number of aliphatic hydroxyl groups is 3. The van der Waals surface area contributed by atoms with Crippen molar-refractivity contribution in [2.75, 3.05) is 13.6 Å². The quantitative estimate of drug-likeness (QED) is 0.184. The van der Waals surface area contributed by atoms with Gasteiger partial charge in [0.1, 0.15) is 5.76 Å². The van der Waals surface area contributed by atoms with Gasteiger partial charge in [-0.05, 0) is 51.1 Å². The number of rotatable bonds is 9. The maximum Gasteiger partial charge on any atom is 0.349 e. The number of piperidine rings is 1. The molecule has 2 aromatic rings. The highest BCUT2D eigenvalue weighted by Gasteiger charge is 2.72. The van der Waals surface area contributed by atoms with Crippen molar-refractivity contribution in [2.45, 2.75) is 73.8 Å². The summed E-state index contributed by atoms with van der Waals surface area (Å²) in [6.45, 7) is 1.64. The highest BCUT2D eigenvalue weighted by Crippen LogP contribution is 2.65. The lowest BCUT2D eigenvalue weighted by atomic mass is 9.50. The second kappa shape index (κ2) is 11.4. The molecule has 1 fully saturated rings. The van der Waals surface area contributed by atoms with E-state index in [0.29, 0.717) is 24.9 Å². The minimum absolute atomic E-state index is 0.0552. The number of hydrogen-bond donors (Lipinski definition) is 5. The number of carboxylic acid groups (broad SMARTS) is 1. The summed E-state index contributed by atoms with van der Waals surface area (Å²) in [6, 6.07) is 10.6. The normalized spacial score (nSPS) is 28.3. The second-order valence-corrected chi connectivity index (χ2v) is 12.1. The summed E-state index contributed by atoms with van der Waals surface area (Å²) in [5.74, 6) is -5.78. The van der Waals surface area contributed by atoms with Crippen molar-refractivity contribution in [3.63, 3.8) is 0 Å². The molecule has 2 heterocycles. The summed E-state index contributed by atoms with van der Waals surface area (Å²) in [6.07, 6.45) is -7.01. The minimum Gasteiger partial charge on any atom is -0.504 e. The molecule has 0 amide bonds. The van der Waals surface area contributed by atoms with E-state index in [0.717, 1.165) is 12.5 Å². The van der Waals surface area contributed by atoms with Crippen LogP contribution in [0.5, 0.6) is 11.5 Å². The van der Waals surface area contributed by atoms with Crippen molar-refractivity contribution in [3.05, 3.63) is 71.0 Å². The van der Waals surface area contributed by atoms with Crippen LogP contribution in [0.15, 0.2) is 54.3 Å². The Morgan fingerprint density at radius 1 is 1.00 bits per heavy atom. The van der Waals surface area contributed by atoms with E-state index in [-0.39, 0.29) is 35.3 Å². The number of likely N-dealkylation sites (tertiary alicyclic amines) is 1. The van der Waals surface area contributed by atoms with E-state index in [2.05, 4.69) is 4.90 Å². The van der Waals surface area contributed by atoms with Crippen molar-refractivity contribution in [1.29, 1.82) is 0 Å². The predicted octanol–water partition coefficient (Wildman–Crippen LogP) is 0.236. The number of nitrogens with zero attached hydrogens (tertiary/aromatic N) is 1. The molecule has 244 valence electrons. The number of esters is 3. The third kappa shape index (κ3) is 4.71. The van der Waals surface area contributed by atoms with Crippen LogP contribution in [0.4, 0.5) is 0 Å². The number of aliphatic carboxylic acids is 1. The van der Waals surface area contributed by atoms with E-state index in [4.69, 9.17) is 18.9 Å². The zero-order valence-electron chi connectivity index (χ0n) is 24.9. The number of phenols is 1. The molecule has 0 radical (unpaired) electrons. The van der Waals surface area contributed by atoms with Crippen LogP contribution in [0.2, 0.25) is 0 Å². The van der Waals surface area contributed by atoms with E-state index in [9.17, 15) is 44.7 Å². The first-order valence-electron chi connectivity index (χ1n) is 14.7. The summed E-state index contributed by atoms with van der Waals surface area (Å²) in [5.41, 5.74) is -0.733. The summed E-state index contributed by atoms with van der Waals surface area (Å²) in [5, 5.41) is 53.3. The lowest BCUT2D eigenvalue weighted by Crippen LogP contribution is -2.74. The molecule has 2 aromatic carbocycles. The summed E-state index contributed by atoms with van der Waals surface area (Å²) >= 11 is 0. The van der Waals surface area contributed by atoms with Gasteiger partial charge in [-0.3, -0.25) is 0 Å². The van der Waals surface area contributed by atoms with Crippen molar-refractivity contribution in [1.82, 2.24) is 4.90 Å². The monoisotopic (exact) mass is 639 g/mol. The number of hydrogen-bond acceptors (Lipinski definition) is 13. The number of carbonyl (C=O) groups is 4. The van der Waals surface area contributed by atoms with Crippen LogP contribution in [-0.2, 0) is 45.2 Å². The van der Waals surface area contributed by atoms with Gasteiger partial charge >= 0.3 is 23.9 Å². The molecule has 2 aliphatic carbocycles. The first-order valence-corrected chi connectivity index (χ1v) is 14.7. The number of ether oxygens (including phenoxy) is 4. The van der Waals surface area contributed by atoms with Gasteiger partial charge in [0.15, 0.2) is 35.9 Å². The third-order valence-electron chi connectivity index (χ3n) is 9.54. The smallest absolute Gasteiger partial charge is 0.349 e. The van der Waals surface area contributed by atoms with Crippen molar-refractivity contribution in [2.24, 2.45) is 0 Å². The number of carboxylic acids is 1. The van der Waals surface area contributed by atoms with E-state index in [1.165, 1.54) is 24.3 Å². The molecule has 2 aliphatic heterocycles. The fraction of sp³-hybridized carbons (Fsp3) is 0.438. The Morgan fingerprint density at radius 3 is 2.39 bits per heavy atom. The topological polar surface area (TPSA) is 210 Å². The lowest BCUT2D eigenvalue weighted by Gasteiger charge is -2.61. The average Bonchev–Trinajstić information content (AvgIpc) is 3.39. The van der Waals surface area contributed by atoms with Gasteiger partial charge in [-0.25, -0.2) is 19.2 Å². The fourth-order valence-corrected chi connectivity index (χ4v) is 7.26. The van der Waals surface area contributed by atoms with Crippen LogP contribution in [0.25, 0.3) is 0 Å². The maximum absolute atomic E-state index is 13.0. The van der Waals surface area contributed by atoms with Gasteiger partial charge in [-0.2, -0.15) is 0 Å². The van der Waals surface area contributed by atoms with Crippen LogP contribution < -0.4 is 4.74 Å². The van der Waals surface area contributed by atoms with E-state index in [1.54, 1.807) is 24.3 Å². The Labute approximate surface area is 262 Å². The molecule has 0 aromatic heterocycles. The van der Waals surface area contributed by atoms with Gasteiger partial charge in [-0.1, -0.05) is 36.4 Å². The van der Waals surface area contributed by atoms with Gasteiger partial charge in [0, 0.05) is 23.6 Å². The standard InChI is InChI=1S/C32H33NO13/c1-15(28(39)46-24(27(37)38)16-6-4-3-5-7-16)43-29(40)22(35)23(36)30(41)44-19-10-11-32(42)20-14-17-8-9-18(34)25-21(17)31(32,26(19)45-25)12-13-33(20)2/h3-10,15,20,22-24,26,34-36,42H,11-14H2,1-2H3,(H,37,38)/t15?,20-,22-,23-,24+,26+,31+,32-/m1/s1. The van der Waals surface area contributed by atoms with Gasteiger partial charge in [0.05, 0.1) is 11.0 Å². The van der Waals surface area contributed by atoms with Crippen molar-refractivity contribution in [3.8, 4) is 11.5 Å². The number of carbonyl (C=O) groups excluding carboxylic acids is 3. The molecular formula is C32H33NO13. The highest BCUT2D eigenvalue weighted by molar-refractivity contribution is 5.88. The Kier molecular flexibility index (Phi) is 7.79.